The molecule has 24 heavy (non-hydrogen) atoms. The molecule has 2 aliphatic heterocycles. The van der Waals surface area contributed by atoms with Crippen molar-refractivity contribution in [1.82, 2.24) is 14.9 Å². The molecule has 7 nitrogen and oxygen atoms in total. The van der Waals surface area contributed by atoms with Gasteiger partial charge >= 0.3 is 0 Å². The van der Waals surface area contributed by atoms with Crippen molar-refractivity contribution in [1.29, 1.82) is 0 Å². The summed E-state index contributed by atoms with van der Waals surface area (Å²) in [6, 6.07) is 5.61. The summed E-state index contributed by atoms with van der Waals surface area (Å²) in [6.07, 6.45) is 1.32. The van der Waals surface area contributed by atoms with Crippen molar-refractivity contribution < 1.29 is 18.0 Å². The predicted octanol–water partition coefficient (Wildman–Crippen LogP) is 0.498. The lowest BCUT2D eigenvalue weighted by atomic mass is 10.1. The minimum atomic E-state index is -3.54. The number of carbonyl (C=O) groups is 2. The third-order valence-electron chi connectivity index (χ3n) is 4.31. The number of imide groups is 1. The first-order valence-corrected chi connectivity index (χ1v) is 9.53. The highest BCUT2D eigenvalue weighted by molar-refractivity contribution is 7.89. The zero-order valence-corrected chi connectivity index (χ0v) is 14.4. The predicted molar refractivity (Wildman–Crippen MR) is 87.9 cm³/mol. The van der Waals surface area contributed by atoms with Crippen LogP contribution in [0.15, 0.2) is 29.2 Å². The Morgan fingerprint density at radius 3 is 2.29 bits per heavy atom. The van der Waals surface area contributed by atoms with Gasteiger partial charge < -0.3 is 5.32 Å². The molecule has 2 heterocycles. The van der Waals surface area contributed by atoms with E-state index in [0.717, 1.165) is 0 Å². The van der Waals surface area contributed by atoms with E-state index in [9.17, 15) is 18.0 Å². The van der Waals surface area contributed by atoms with Crippen LogP contribution >= 0.6 is 11.6 Å². The maximum Gasteiger partial charge on any atom is 0.244 e. The first kappa shape index (κ1) is 17.3. The van der Waals surface area contributed by atoms with Crippen molar-refractivity contribution in [3.05, 3.63) is 29.3 Å². The van der Waals surface area contributed by atoms with E-state index in [2.05, 4.69) is 10.6 Å². The summed E-state index contributed by atoms with van der Waals surface area (Å²) in [5, 5.41) is 5.89. The number of carbonyl (C=O) groups excluding carboxylic acids is 2. The molecule has 130 valence electrons. The number of hydrogen-bond donors (Lipinski definition) is 2. The van der Waals surface area contributed by atoms with Crippen molar-refractivity contribution in [2.24, 2.45) is 0 Å². The van der Waals surface area contributed by atoms with E-state index in [0.29, 0.717) is 31.0 Å². The van der Waals surface area contributed by atoms with Gasteiger partial charge in [0.2, 0.25) is 21.8 Å². The van der Waals surface area contributed by atoms with E-state index in [1.807, 2.05) is 0 Å². The fourth-order valence-electron chi connectivity index (χ4n) is 2.99. The normalized spacial score (nSPS) is 23.5. The highest BCUT2D eigenvalue weighted by Crippen LogP contribution is 2.22. The second-order valence-electron chi connectivity index (χ2n) is 5.97. The zero-order valence-electron chi connectivity index (χ0n) is 12.9. The van der Waals surface area contributed by atoms with E-state index < -0.39 is 16.1 Å². The average molecular weight is 372 g/mol. The second-order valence-corrected chi connectivity index (χ2v) is 8.34. The summed E-state index contributed by atoms with van der Waals surface area (Å²) >= 11 is 5.80. The lowest BCUT2D eigenvalue weighted by Gasteiger charge is -2.32. The molecule has 1 aromatic rings. The molecular weight excluding hydrogens is 354 g/mol. The van der Waals surface area contributed by atoms with Crippen molar-refractivity contribution in [2.75, 3.05) is 13.1 Å². The molecule has 2 aliphatic rings. The van der Waals surface area contributed by atoms with E-state index >= 15 is 0 Å². The van der Waals surface area contributed by atoms with Crippen LogP contribution in [-0.4, -0.2) is 49.7 Å². The molecule has 1 unspecified atom stereocenters. The Bertz CT molecular complexity index is 742. The fraction of sp³-hybridized carbons (Fsp3) is 0.467. The molecule has 9 heteroatoms. The van der Waals surface area contributed by atoms with Gasteiger partial charge in [-0.25, -0.2) is 8.42 Å². The number of piperidine rings is 1. The quantitative estimate of drug-likeness (QED) is 0.751. The topological polar surface area (TPSA) is 95.6 Å². The molecule has 2 saturated heterocycles. The van der Waals surface area contributed by atoms with Crippen LogP contribution in [0.2, 0.25) is 5.02 Å². The molecule has 2 N–H and O–H groups in total. The Balaban J connectivity index is 1.59. The lowest BCUT2D eigenvalue weighted by Crippen LogP contribution is -2.49. The van der Waals surface area contributed by atoms with Gasteiger partial charge in [-0.1, -0.05) is 11.6 Å². The van der Waals surface area contributed by atoms with Gasteiger partial charge in [-0.2, -0.15) is 4.31 Å². The highest BCUT2D eigenvalue weighted by atomic mass is 35.5. The van der Waals surface area contributed by atoms with Crippen LogP contribution in [0, 0.1) is 0 Å². The smallest absolute Gasteiger partial charge is 0.244 e. The number of amides is 2. The van der Waals surface area contributed by atoms with Crippen LogP contribution in [0.1, 0.15) is 19.3 Å². The Labute approximate surface area is 145 Å². The minimum absolute atomic E-state index is 0.0170. The second kappa shape index (κ2) is 6.79. The number of nitrogens with zero attached hydrogens (tertiary/aromatic N) is 1. The van der Waals surface area contributed by atoms with Gasteiger partial charge in [0.1, 0.15) is 0 Å². The molecule has 1 atom stereocenters. The number of benzene rings is 1. The van der Waals surface area contributed by atoms with Crippen LogP contribution in [0.4, 0.5) is 0 Å². The first-order chi connectivity index (χ1) is 11.4. The van der Waals surface area contributed by atoms with E-state index in [4.69, 9.17) is 11.6 Å². The van der Waals surface area contributed by atoms with Crippen molar-refractivity contribution in [3.8, 4) is 0 Å². The summed E-state index contributed by atoms with van der Waals surface area (Å²) in [5.74, 6) is -0.587. The third-order valence-corrected chi connectivity index (χ3v) is 6.48. The summed E-state index contributed by atoms with van der Waals surface area (Å²) < 4.78 is 26.6. The SMILES string of the molecule is O=C1CC(NC2CCN(S(=O)(=O)c3ccc(Cl)cc3)CC2)C(=O)N1. The summed E-state index contributed by atoms with van der Waals surface area (Å²) in [4.78, 5) is 23.0. The van der Waals surface area contributed by atoms with Gasteiger partial charge in [0, 0.05) is 24.2 Å². The summed E-state index contributed by atoms with van der Waals surface area (Å²) in [6.45, 7) is 0.732. The van der Waals surface area contributed by atoms with Crippen LogP contribution in [0.25, 0.3) is 0 Å². The van der Waals surface area contributed by atoms with Gasteiger partial charge in [0.15, 0.2) is 0 Å². The molecule has 0 spiro atoms. The highest BCUT2D eigenvalue weighted by Gasteiger charge is 2.34. The van der Waals surface area contributed by atoms with E-state index in [1.165, 1.54) is 16.4 Å². The summed E-state index contributed by atoms with van der Waals surface area (Å²) in [5.41, 5.74) is 0. The third kappa shape index (κ3) is 3.61. The molecule has 2 amide bonds. The number of hydrogen-bond acceptors (Lipinski definition) is 5. The number of nitrogens with one attached hydrogen (secondary N) is 2. The van der Waals surface area contributed by atoms with Gasteiger partial charge in [-0.15, -0.1) is 0 Å². The van der Waals surface area contributed by atoms with Crippen molar-refractivity contribution in [2.45, 2.75) is 36.2 Å². The Morgan fingerprint density at radius 2 is 1.75 bits per heavy atom. The maximum atomic E-state index is 12.6. The zero-order chi connectivity index (χ0) is 17.3. The van der Waals surface area contributed by atoms with E-state index in [1.54, 1.807) is 12.1 Å². The minimum Gasteiger partial charge on any atom is -0.303 e. The average Bonchev–Trinajstić information content (AvgIpc) is 2.86. The lowest BCUT2D eigenvalue weighted by molar-refractivity contribution is -0.125. The number of halogens is 1. The molecule has 2 fully saturated rings. The molecule has 3 rings (SSSR count). The Kier molecular flexibility index (Phi) is 4.91. The van der Waals surface area contributed by atoms with E-state index in [-0.39, 0.29) is 29.2 Å². The van der Waals surface area contributed by atoms with Crippen LogP contribution < -0.4 is 10.6 Å². The van der Waals surface area contributed by atoms with Crippen LogP contribution in [0.3, 0.4) is 0 Å². The number of rotatable bonds is 4. The molecule has 1 aromatic carbocycles. The molecule has 0 saturated carbocycles. The Morgan fingerprint density at radius 1 is 1.12 bits per heavy atom. The van der Waals surface area contributed by atoms with Crippen molar-refractivity contribution in [3.63, 3.8) is 0 Å². The van der Waals surface area contributed by atoms with Gasteiger partial charge in [-0.3, -0.25) is 14.9 Å². The van der Waals surface area contributed by atoms with Gasteiger partial charge in [0.05, 0.1) is 17.4 Å². The van der Waals surface area contributed by atoms with Gasteiger partial charge in [-0.05, 0) is 37.1 Å². The molecular formula is C15H18ClN3O4S. The fourth-order valence-corrected chi connectivity index (χ4v) is 4.59. The monoisotopic (exact) mass is 371 g/mol. The standard InChI is InChI=1S/C15H18ClN3O4S/c16-10-1-3-12(4-2-10)24(22,23)19-7-5-11(6-8-19)17-13-9-14(20)18-15(13)21/h1-4,11,13,17H,5-9H2,(H,18,20,21). The summed E-state index contributed by atoms with van der Waals surface area (Å²) in [7, 11) is -3.54. The molecule has 0 aromatic heterocycles. The van der Waals surface area contributed by atoms with Crippen LogP contribution in [0.5, 0.6) is 0 Å². The van der Waals surface area contributed by atoms with Gasteiger partial charge in [0.25, 0.3) is 0 Å². The molecule has 0 radical (unpaired) electrons. The van der Waals surface area contributed by atoms with Crippen molar-refractivity contribution >= 4 is 33.4 Å². The molecule has 0 bridgehead atoms. The first-order valence-electron chi connectivity index (χ1n) is 7.72. The molecule has 0 aliphatic carbocycles. The van der Waals surface area contributed by atoms with Crippen LogP contribution in [-0.2, 0) is 19.6 Å². The number of sulfonamides is 1. The maximum absolute atomic E-state index is 12.6. The Hall–Kier alpha value is -1.48. The largest absolute Gasteiger partial charge is 0.303 e.